The molecular weight excluding hydrogens is 232 g/mol. The number of unbranched alkanes of at least 4 members (excludes halogenated alkanes) is 1. The highest BCUT2D eigenvalue weighted by atomic mass is 16.5. The molecule has 0 aliphatic carbocycles. The van der Waals surface area contributed by atoms with E-state index in [4.69, 9.17) is 10.5 Å². The average Bonchev–Trinajstić information content (AvgIpc) is 2.82. The van der Waals surface area contributed by atoms with E-state index < -0.39 is 11.9 Å². The van der Waals surface area contributed by atoms with E-state index in [1.807, 2.05) is 0 Å². The van der Waals surface area contributed by atoms with Gasteiger partial charge in [0.05, 0.1) is 6.61 Å². The summed E-state index contributed by atoms with van der Waals surface area (Å²) in [5.74, 6) is -0.366. The second kappa shape index (κ2) is 7.87. The molecule has 5 nitrogen and oxygen atoms in total. The van der Waals surface area contributed by atoms with Crippen molar-refractivity contribution in [3.8, 4) is 0 Å². The maximum Gasteiger partial charge on any atom is 0.240 e. The second-order valence-corrected chi connectivity index (χ2v) is 4.47. The number of amides is 2. The largest absolute Gasteiger partial charge is 0.377 e. The van der Waals surface area contributed by atoms with Gasteiger partial charge in [-0.1, -0.05) is 6.08 Å². The minimum Gasteiger partial charge on any atom is -0.377 e. The van der Waals surface area contributed by atoms with Crippen molar-refractivity contribution in [3.05, 3.63) is 12.7 Å². The summed E-state index contributed by atoms with van der Waals surface area (Å²) in [6.45, 7) is 5.39. The van der Waals surface area contributed by atoms with Crippen LogP contribution in [0, 0.1) is 0 Å². The molecule has 0 spiro atoms. The fourth-order valence-electron chi connectivity index (χ4n) is 2.15. The van der Waals surface area contributed by atoms with Gasteiger partial charge in [0.1, 0.15) is 6.04 Å². The van der Waals surface area contributed by atoms with Gasteiger partial charge < -0.3 is 15.4 Å². The van der Waals surface area contributed by atoms with Crippen molar-refractivity contribution in [3.63, 3.8) is 0 Å². The minimum atomic E-state index is -0.394. The summed E-state index contributed by atoms with van der Waals surface area (Å²) in [7, 11) is 0. The summed E-state index contributed by atoms with van der Waals surface area (Å²) in [6.07, 6.45) is 5.34. The van der Waals surface area contributed by atoms with E-state index in [9.17, 15) is 9.59 Å². The van der Waals surface area contributed by atoms with E-state index in [1.54, 1.807) is 11.0 Å². The first-order valence-corrected chi connectivity index (χ1v) is 6.44. The normalized spacial score (nSPS) is 18.9. The third-order valence-electron chi connectivity index (χ3n) is 3.07. The number of ether oxygens (including phenoxy) is 1. The number of hydrogen-bond donors (Lipinski definition) is 1. The number of carbonyl (C=O) groups excluding carboxylic acids is 2. The summed E-state index contributed by atoms with van der Waals surface area (Å²) in [5.41, 5.74) is 5.27. The number of nitrogens with two attached hydrogens (primary N) is 1. The van der Waals surface area contributed by atoms with Gasteiger partial charge in [0.15, 0.2) is 0 Å². The molecule has 1 fully saturated rings. The van der Waals surface area contributed by atoms with Gasteiger partial charge >= 0.3 is 0 Å². The maximum atomic E-state index is 11.9. The van der Waals surface area contributed by atoms with Gasteiger partial charge in [-0.3, -0.25) is 9.59 Å². The van der Waals surface area contributed by atoms with E-state index in [2.05, 4.69) is 6.58 Å². The summed E-state index contributed by atoms with van der Waals surface area (Å²) in [6, 6.07) is -0.394. The zero-order chi connectivity index (χ0) is 13.4. The molecule has 1 aliphatic rings. The molecule has 0 aromatic carbocycles. The summed E-state index contributed by atoms with van der Waals surface area (Å²) < 4.78 is 5.23. The fraction of sp³-hybridized carbons (Fsp3) is 0.692. The summed E-state index contributed by atoms with van der Waals surface area (Å²) in [4.78, 5) is 24.7. The number of primary amides is 1. The minimum absolute atomic E-state index is 0.0278. The Balaban J connectivity index is 2.20. The summed E-state index contributed by atoms with van der Waals surface area (Å²) >= 11 is 0. The van der Waals surface area contributed by atoms with Gasteiger partial charge in [-0.25, -0.2) is 0 Å². The molecule has 0 aromatic heterocycles. The van der Waals surface area contributed by atoms with E-state index in [1.165, 1.54) is 0 Å². The first-order valence-electron chi connectivity index (χ1n) is 6.44. The van der Waals surface area contributed by atoms with Gasteiger partial charge in [-0.2, -0.15) is 0 Å². The Bertz CT molecular complexity index is 305. The molecule has 1 rings (SSSR count). The lowest BCUT2D eigenvalue weighted by atomic mass is 10.2. The SMILES string of the molecule is C=CCOCCCCC(=O)N1CCC[C@H]1C(N)=O. The topological polar surface area (TPSA) is 72.6 Å². The zero-order valence-electron chi connectivity index (χ0n) is 10.8. The van der Waals surface area contributed by atoms with Crippen LogP contribution in [0.4, 0.5) is 0 Å². The highest BCUT2D eigenvalue weighted by molar-refractivity contribution is 5.87. The van der Waals surface area contributed by atoms with Crippen LogP contribution in [0.3, 0.4) is 0 Å². The maximum absolute atomic E-state index is 11.9. The molecular formula is C13H22N2O3. The third kappa shape index (κ3) is 4.49. The molecule has 0 aromatic rings. The number of carbonyl (C=O) groups is 2. The molecule has 1 saturated heterocycles. The molecule has 2 N–H and O–H groups in total. The molecule has 0 bridgehead atoms. The Kier molecular flexibility index (Phi) is 6.43. The van der Waals surface area contributed by atoms with Crippen molar-refractivity contribution in [1.82, 2.24) is 4.90 Å². The first kappa shape index (κ1) is 14.7. The van der Waals surface area contributed by atoms with E-state index >= 15 is 0 Å². The van der Waals surface area contributed by atoms with Gasteiger partial charge in [-0.05, 0) is 25.7 Å². The monoisotopic (exact) mass is 254 g/mol. The molecule has 1 atom stereocenters. The average molecular weight is 254 g/mol. The predicted molar refractivity (Wildman–Crippen MR) is 68.8 cm³/mol. The van der Waals surface area contributed by atoms with Gasteiger partial charge in [-0.15, -0.1) is 6.58 Å². The lowest BCUT2D eigenvalue weighted by Crippen LogP contribution is -2.43. The van der Waals surface area contributed by atoms with Crippen molar-refractivity contribution in [1.29, 1.82) is 0 Å². The molecule has 102 valence electrons. The highest BCUT2D eigenvalue weighted by Gasteiger charge is 2.31. The predicted octanol–water partition coefficient (Wildman–Crippen LogP) is 0.836. The number of nitrogens with zero attached hydrogens (tertiary/aromatic N) is 1. The van der Waals surface area contributed by atoms with Crippen LogP contribution in [0.2, 0.25) is 0 Å². The molecule has 18 heavy (non-hydrogen) atoms. The second-order valence-electron chi connectivity index (χ2n) is 4.47. The van der Waals surface area contributed by atoms with Crippen LogP contribution in [-0.2, 0) is 14.3 Å². The van der Waals surface area contributed by atoms with Crippen LogP contribution in [-0.4, -0.2) is 42.5 Å². The van der Waals surface area contributed by atoms with Gasteiger partial charge in [0, 0.05) is 19.6 Å². The Morgan fingerprint density at radius 2 is 2.22 bits per heavy atom. The van der Waals surface area contributed by atoms with Crippen LogP contribution in [0.1, 0.15) is 32.1 Å². The Morgan fingerprint density at radius 1 is 1.44 bits per heavy atom. The first-order chi connectivity index (χ1) is 8.66. The Labute approximate surface area is 108 Å². The molecule has 0 unspecified atom stereocenters. The fourth-order valence-corrected chi connectivity index (χ4v) is 2.15. The van der Waals surface area contributed by atoms with Crippen LogP contribution in [0.25, 0.3) is 0 Å². The van der Waals surface area contributed by atoms with Crippen molar-refractivity contribution < 1.29 is 14.3 Å². The van der Waals surface area contributed by atoms with E-state index in [0.29, 0.717) is 32.6 Å². The van der Waals surface area contributed by atoms with Crippen LogP contribution < -0.4 is 5.73 Å². The Morgan fingerprint density at radius 3 is 2.89 bits per heavy atom. The quantitative estimate of drug-likeness (QED) is 0.515. The van der Waals surface area contributed by atoms with Crippen molar-refractivity contribution in [2.45, 2.75) is 38.1 Å². The van der Waals surface area contributed by atoms with Crippen LogP contribution >= 0.6 is 0 Å². The zero-order valence-corrected chi connectivity index (χ0v) is 10.8. The van der Waals surface area contributed by atoms with Gasteiger partial charge in [0.2, 0.25) is 11.8 Å². The lowest BCUT2D eigenvalue weighted by molar-refractivity contribution is -0.137. The highest BCUT2D eigenvalue weighted by Crippen LogP contribution is 2.18. The smallest absolute Gasteiger partial charge is 0.240 e. The van der Waals surface area contributed by atoms with Crippen LogP contribution in [0.5, 0.6) is 0 Å². The molecule has 1 heterocycles. The van der Waals surface area contributed by atoms with Crippen molar-refractivity contribution >= 4 is 11.8 Å². The number of rotatable bonds is 8. The van der Waals surface area contributed by atoms with Crippen molar-refractivity contribution in [2.75, 3.05) is 19.8 Å². The number of hydrogen-bond acceptors (Lipinski definition) is 3. The van der Waals surface area contributed by atoms with Gasteiger partial charge in [0.25, 0.3) is 0 Å². The molecule has 5 heteroatoms. The number of likely N-dealkylation sites (tertiary alicyclic amines) is 1. The van der Waals surface area contributed by atoms with E-state index in [-0.39, 0.29) is 5.91 Å². The molecule has 0 radical (unpaired) electrons. The van der Waals surface area contributed by atoms with E-state index in [0.717, 1.165) is 19.3 Å². The molecule has 1 aliphatic heterocycles. The molecule has 2 amide bonds. The summed E-state index contributed by atoms with van der Waals surface area (Å²) in [5, 5.41) is 0. The van der Waals surface area contributed by atoms with Crippen molar-refractivity contribution in [2.24, 2.45) is 5.73 Å². The molecule has 0 saturated carbocycles. The van der Waals surface area contributed by atoms with Crippen LogP contribution in [0.15, 0.2) is 12.7 Å². The standard InChI is InChI=1S/C13H22N2O3/c1-2-9-18-10-4-3-7-12(16)15-8-5-6-11(15)13(14)17/h2,11H,1,3-10H2,(H2,14,17)/t11-/m0/s1. The third-order valence-corrected chi connectivity index (χ3v) is 3.07. The lowest BCUT2D eigenvalue weighted by Gasteiger charge is -2.22. The Hall–Kier alpha value is -1.36.